The number of aromatic amines is 1. The number of likely N-dealkylation sites (N-methyl/N-ethyl adjacent to an activating group) is 2. The van der Waals surface area contributed by atoms with Gasteiger partial charge in [0.15, 0.2) is 0 Å². The van der Waals surface area contributed by atoms with Crippen LogP contribution in [0.3, 0.4) is 0 Å². The molecule has 0 radical (unpaired) electrons. The Bertz CT molecular complexity index is 1630. The summed E-state index contributed by atoms with van der Waals surface area (Å²) < 4.78 is 18.9. The molecule has 4 rings (SSSR count). The molecule has 44 heavy (non-hydrogen) atoms. The van der Waals surface area contributed by atoms with E-state index in [1.807, 2.05) is 61.4 Å². The number of carbonyl (C=O) groups excluding carboxylic acids is 2. The summed E-state index contributed by atoms with van der Waals surface area (Å²) in [5.41, 5.74) is 1.11. The van der Waals surface area contributed by atoms with Crippen molar-refractivity contribution in [3.05, 3.63) is 53.8 Å². The summed E-state index contributed by atoms with van der Waals surface area (Å²) in [6.07, 6.45) is 3.30. The van der Waals surface area contributed by atoms with Crippen LogP contribution in [-0.4, -0.2) is 96.4 Å². The van der Waals surface area contributed by atoms with E-state index in [1.54, 1.807) is 12.1 Å². The molecule has 0 bridgehead atoms. The summed E-state index contributed by atoms with van der Waals surface area (Å²) >= 11 is 11.7. The highest BCUT2D eigenvalue weighted by Gasteiger charge is 2.26. The monoisotopic (exact) mass is 646 g/mol. The molecule has 2 aromatic carbocycles. The fourth-order valence-electron chi connectivity index (χ4n) is 4.37. The molecule has 2 atom stereocenters. The van der Waals surface area contributed by atoms with Crippen LogP contribution in [0.5, 0.6) is 5.75 Å². The van der Waals surface area contributed by atoms with Gasteiger partial charge >= 0.3 is 0 Å². The molecule has 0 fully saturated rings. The molecule has 4 aromatic rings. The Hall–Kier alpha value is -4.17. The molecule has 0 aliphatic heterocycles. The van der Waals surface area contributed by atoms with Crippen LogP contribution in [0.2, 0.25) is 5.02 Å². The van der Waals surface area contributed by atoms with E-state index < -0.39 is 30.1 Å². The second-order valence-corrected chi connectivity index (χ2v) is 10.9. The summed E-state index contributed by atoms with van der Waals surface area (Å²) in [6.45, 7) is 0.490. The number of para-hydroxylation sites is 1. The van der Waals surface area contributed by atoms with Crippen molar-refractivity contribution in [2.75, 3.05) is 63.5 Å². The number of aliphatic hydroxyl groups is 1. The highest BCUT2D eigenvalue weighted by molar-refractivity contribution is 6.33. The van der Waals surface area contributed by atoms with Crippen molar-refractivity contribution in [3.63, 3.8) is 0 Å². The molecule has 0 aliphatic carbocycles. The zero-order valence-corrected chi connectivity index (χ0v) is 26.0. The van der Waals surface area contributed by atoms with Gasteiger partial charge in [-0.1, -0.05) is 41.4 Å². The minimum atomic E-state index is -2.38. The van der Waals surface area contributed by atoms with Gasteiger partial charge in [-0.3, -0.25) is 9.59 Å². The Balaban J connectivity index is 1.72. The highest BCUT2D eigenvalue weighted by Crippen LogP contribution is 2.39. The van der Waals surface area contributed by atoms with Gasteiger partial charge in [-0.05, 0) is 26.2 Å². The second-order valence-electron chi connectivity index (χ2n) is 10.1. The minimum Gasteiger partial charge on any atom is -0.494 e. The number of aromatic nitrogens is 3. The van der Waals surface area contributed by atoms with Crippen LogP contribution in [0.1, 0.15) is 0 Å². The van der Waals surface area contributed by atoms with Crippen LogP contribution in [0.25, 0.3) is 22.2 Å². The van der Waals surface area contributed by atoms with Gasteiger partial charge in [0.1, 0.15) is 11.8 Å². The van der Waals surface area contributed by atoms with Gasteiger partial charge in [-0.2, -0.15) is 0 Å². The number of alkyl halides is 2. The standard InChI is InChI=1S/C29H33Cl2FN8O4/c1-39(2)9-10-40(3)23-12-24(44-4)21(11-20(23)35-27(42)22(15-41)36-28(43)26(31)32)37-29-34-14-18(30)25(38-29)17-13-33-19-8-6-5-7-16(17)19/h5-8,11-14,22,26,33,41H,9-10,15H2,1-4H3,(H,35,42)(H,36,43)(H,34,37,38)/t22-,26?/m0/s1. The molecule has 0 saturated carbocycles. The first-order valence-corrected chi connectivity index (χ1v) is 14.3. The number of nitrogens with one attached hydrogen (secondary N) is 4. The fraction of sp³-hybridized carbons (Fsp3) is 0.310. The number of carbonyl (C=O) groups is 2. The molecule has 15 heteroatoms. The van der Waals surface area contributed by atoms with Crippen molar-refractivity contribution < 1.29 is 23.8 Å². The SMILES string of the molecule is COc1cc(N(C)CCN(C)C)c(NC(=O)[C@H](CO)NC(=O)C(F)Cl)cc1Nc1ncc(Cl)c(-c2c[nH]c3ccccc23)n1. The van der Waals surface area contributed by atoms with Crippen molar-refractivity contribution in [1.29, 1.82) is 0 Å². The smallest absolute Gasteiger partial charge is 0.270 e. The van der Waals surface area contributed by atoms with Crippen molar-refractivity contribution in [1.82, 2.24) is 25.2 Å². The second kappa shape index (κ2) is 14.5. The summed E-state index contributed by atoms with van der Waals surface area (Å²) in [4.78, 5) is 41.0. The Morgan fingerprint density at radius 2 is 1.89 bits per heavy atom. The number of benzene rings is 2. The van der Waals surface area contributed by atoms with Gasteiger partial charge in [-0.15, -0.1) is 0 Å². The molecule has 0 spiro atoms. The zero-order chi connectivity index (χ0) is 32.0. The molecule has 1 unspecified atom stereocenters. The number of halogens is 3. The summed E-state index contributed by atoms with van der Waals surface area (Å²) in [5.74, 6) is -1.42. The van der Waals surface area contributed by atoms with Crippen molar-refractivity contribution in [3.8, 4) is 17.0 Å². The third kappa shape index (κ3) is 7.66. The van der Waals surface area contributed by atoms with E-state index in [4.69, 9.17) is 27.9 Å². The van der Waals surface area contributed by atoms with Gasteiger partial charge in [0.05, 0.1) is 47.7 Å². The van der Waals surface area contributed by atoms with E-state index in [0.717, 1.165) is 16.5 Å². The predicted molar refractivity (Wildman–Crippen MR) is 171 cm³/mol. The molecular formula is C29H33Cl2FN8O4. The maximum Gasteiger partial charge on any atom is 0.270 e. The summed E-state index contributed by atoms with van der Waals surface area (Å²) in [5, 5.41) is 19.0. The van der Waals surface area contributed by atoms with Crippen molar-refractivity contribution >= 4 is 68.9 Å². The first-order chi connectivity index (χ1) is 21.0. The number of nitrogens with zero attached hydrogens (tertiary/aromatic N) is 4. The average molecular weight is 648 g/mol. The number of aliphatic hydroxyl groups excluding tert-OH is 1. The van der Waals surface area contributed by atoms with Crippen LogP contribution >= 0.6 is 23.2 Å². The van der Waals surface area contributed by atoms with Crippen molar-refractivity contribution in [2.45, 2.75) is 11.7 Å². The number of methoxy groups -OCH3 is 1. The number of fused-ring (bicyclic) bond motifs is 1. The van der Waals surface area contributed by atoms with E-state index in [-0.39, 0.29) is 5.95 Å². The van der Waals surface area contributed by atoms with Gasteiger partial charge in [0.2, 0.25) is 11.9 Å². The van der Waals surface area contributed by atoms with E-state index >= 15 is 0 Å². The number of H-pyrrole nitrogens is 1. The molecular weight excluding hydrogens is 614 g/mol. The lowest BCUT2D eigenvalue weighted by atomic mass is 10.1. The van der Waals surface area contributed by atoms with E-state index in [2.05, 4.69) is 30.9 Å². The van der Waals surface area contributed by atoms with Crippen LogP contribution < -0.4 is 25.6 Å². The third-order valence-corrected chi connectivity index (χ3v) is 7.19. The number of amides is 2. The van der Waals surface area contributed by atoms with Crippen LogP contribution in [0, 0.1) is 0 Å². The Kier molecular flexibility index (Phi) is 10.8. The fourth-order valence-corrected chi connectivity index (χ4v) is 4.63. The maximum atomic E-state index is 13.3. The lowest BCUT2D eigenvalue weighted by Crippen LogP contribution is -2.48. The summed E-state index contributed by atoms with van der Waals surface area (Å²) in [7, 11) is 7.21. The van der Waals surface area contributed by atoms with E-state index in [9.17, 15) is 19.1 Å². The highest BCUT2D eigenvalue weighted by atomic mass is 35.5. The predicted octanol–water partition coefficient (Wildman–Crippen LogP) is 3.98. The first kappa shape index (κ1) is 32.7. The lowest BCUT2D eigenvalue weighted by Gasteiger charge is -2.26. The number of anilines is 4. The molecule has 2 aromatic heterocycles. The lowest BCUT2D eigenvalue weighted by molar-refractivity contribution is -0.128. The largest absolute Gasteiger partial charge is 0.494 e. The van der Waals surface area contributed by atoms with Gasteiger partial charge < -0.3 is 40.6 Å². The van der Waals surface area contributed by atoms with E-state index in [1.165, 1.54) is 13.3 Å². The first-order valence-electron chi connectivity index (χ1n) is 13.5. The maximum absolute atomic E-state index is 13.3. The average Bonchev–Trinajstić information content (AvgIpc) is 3.43. The summed E-state index contributed by atoms with van der Waals surface area (Å²) in [6, 6.07) is 9.61. The topological polar surface area (TPSA) is 148 Å². The van der Waals surface area contributed by atoms with Crippen LogP contribution in [-0.2, 0) is 9.59 Å². The quantitative estimate of drug-likeness (QED) is 0.136. The number of ether oxygens (including phenoxy) is 1. The number of rotatable bonds is 13. The Morgan fingerprint density at radius 1 is 1.14 bits per heavy atom. The van der Waals surface area contributed by atoms with Gasteiger partial charge in [0.25, 0.3) is 11.5 Å². The molecule has 0 saturated heterocycles. The molecule has 2 heterocycles. The van der Waals surface area contributed by atoms with Crippen LogP contribution in [0.15, 0.2) is 48.8 Å². The Labute approximate surface area is 263 Å². The number of hydrogen-bond donors (Lipinski definition) is 5. The van der Waals surface area contributed by atoms with Gasteiger partial charge in [0, 0.05) is 48.9 Å². The zero-order valence-electron chi connectivity index (χ0n) is 24.5. The molecule has 0 aliphatic rings. The van der Waals surface area contributed by atoms with E-state index in [0.29, 0.717) is 46.6 Å². The molecule has 5 N–H and O–H groups in total. The molecule has 234 valence electrons. The van der Waals surface area contributed by atoms with Crippen molar-refractivity contribution in [2.24, 2.45) is 0 Å². The normalized spacial score (nSPS) is 12.6. The molecule has 2 amide bonds. The number of hydrogen-bond acceptors (Lipinski definition) is 9. The minimum absolute atomic E-state index is 0.204. The molecule has 12 nitrogen and oxygen atoms in total. The third-order valence-electron chi connectivity index (χ3n) is 6.72. The van der Waals surface area contributed by atoms with Crippen LogP contribution in [0.4, 0.5) is 27.4 Å². The Morgan fingerprint density at radius 3 is 2.57 bits per heavy atom. The van der Waals surface area contributed by atoms with Gasteiger partial charge in [-0.25, -0.2) is 14.4 Å².